The topological polar surface area (TPSA) is 52.7 Å². The third kappa shape index (κ3) is 4.60. The van der Waals surface area contributed by atoms with Crippen LogP contribution >= 0.6 is 23.2 Å². The van der Waals surface area contributed by atoms with Crippen LogP contribution in [0.2, 0.25) is 10.0 Å². The van der Waals surface area contributed by atoms with Crippen LogP contribution in [0.5, 0.6) is 0 Å². The number of nitrogens with one attached hydrogen (secondary N) is 1. The summed E-state index contributed by atoms with van der Waals surface area (Å²) in [6, 6.07) is 5.14. The summed E-state index contributed by atoms with van der Waals surface area (Å²) in [5.74, 6) is 0.00570. The molecule has 120 valence electrons. The summed E-state index contributed by atoms with van der Waals surface area (Å²) >= 11 is 11.9. The van der Waals surface area contributed by atoms with Crippen molar-refractivity contribution >= 4 is 40.7 Å². The van der Waals surface area contributed by atoms with Gasteiger partial charge in [0, 0.05) is 46.1 Å². The predicted octanol–water partition coefficient (Wildman–Crippen LogP) is 2.49. The summed E-state index contributed by atoms with van der Waals surface area (Å²) in [4.78, 5) is 27.2. The van der Waals surface area contributed by atoms with Crippen LogP contribution in [0.3, 0.4) is 0 Å². The van der Waals surface area contributed by atoms with Crippen molar-refractivity contribution in [2.24, 2.45) is 0 Å². The highest BCUT2D eigenvalue weighted by Crippen LogP contribution is 2.29. The molecular formula is C15H19Cl2N3O2. The lowest BCUT2D eigenvalue weighted by Gasteiger charge is -2.34. The third-order valence-electron chi connectivity index (χ3n) is 3.70. The summed E-state index contributed by atoms with van der Waals surface area (Å²) in [6.07, 6.45) is 0.378. The van der Waals surface area contributed by atoms with E-state index in [0.717, 1.165) is 26.2 Å². The zero-order valence-electron chi connectivity index (χ0n) is 12.4. The van der Waals surface area contributed by atoms with E-state index in [4.69, 9.17) is 23.2 Å². The molecule has 1 aliphatic rings. The summed E-state index contributed by atoms with van der Waals surface area (Å²) < 4.78 is 0. The Morgan fingerprint density at radius 2 is 1.86 bits per heavy atom. The van der Waals surface area contributed by atoms with E-state index in [1.165, 1.54) is 0 Å². The van der Waals surface area contributed by atoms with Crippen LogP contribution < -0.4 is 5.32 Å². The minimum Gasteiger partial charge on any atom is -0.340 e. The van der Waals surface area contributed by atoms with Gasteiger partial charge in [0.2, 0.25) is 11.8 Å². The SMILES string of the molecule is CC(=O)N1CCN(CCC(=O)Nc2cccc(Cl)c2Cl)CC1. The zero-order chi connectivity index (χ0) is 16.1. The van der Waals surface area contributed by atoms with Crippen molar-refractivity contribution in [2.45, 2.75) is 13.3 Å². The summed E-state index contributed by atoms with van der Waals surface area (Å²) in [5.41, 5.74) is 0.528. The maximum Gasteiger partial charge on any atom is 0.225 e. The van der Waals surface area contributed by atoms with Crippen molar-refractivity contribution in [3.63, 3.8) is 0 Å². The molecule has 0 spiro atoms. The fraction of sp³-hybridized carbons (Fsp3) is 0.467. The lowest BCUT2D eigenvalue weighted by atomic mass is 10.2. The van der Waals surface area contributed by atoms with Gasteiger partial charge in [0.15, 0.2) is 0 Å². The number of rotatable bonds is 4. The van der Waals surface area contributed by atoms with Gasteiger partial charge < -0.3 is 10.2 Å². The number of hydrogen-bond acceptors (Lipinski definition) is 3. The van der Waals surface area contributed by atoms with Crippen LogP contribution in [-0.2, 0) is 9.59 Å². The highest BCUT2D eigenvalue weighted by Gasteiger charge is 2.19. The molecule has 1 fully saturated rings. The Hall–Kier alpha value is -1.30. The van der Waals surface area contributed by atoms with E-state index >= 15 is 0 Å². The van der Waals surface area contributed by atoms with Crippen LogP contribution in [0.1, 0.15) is 13.3 Å². The average molecular weight is 344 g/mol. The fourth-order valence-electron chi connectivity index (χ4n) is 2.36. The molecule has 7 heteroatoms. The van der Waals surface area contributed by atoms with E-state index in [9.17, 15) is 9.59 Å². The first kappa shape index (κ1) is 17.1. The second-order valence-corrected chi connectivity index (χ2v) is 6.03. The first-order valence-electron chi connectivity index (χ1n) is 7.19. The van der Waals surface area contributed by atoms with E-state index < -0.39 is 0 Å². The van der Waals surface area contributed by atoms with Gasteiger partial charge in [-0.25, -0.2) is 0 Å². The van der Waals surface area contributed by atoms with E-state index in [1.807, 2.05) is 4.90 Å². The number of nitrogens with zero attached hydrogens (tertiary/aromatic N) is 2. The number of piperazine rings is 1. The number of hydrogen-bond donors (Lipinski definition) is 1. The van der Waals surface area contributed by atoms with Crippen LogP contribution in [0.15, 0.2) is 18.2 Å². The molecule has 2 amide bonds. The monoisotopic (exact) mass is 343 g/mol. The van der Waals surface area contributed by atoms with Gasteiger partial charge in [-0.15, -0.1) is 0 Å². The first-order chi connectivity index (χ1) is 10.5. The minimum absolute atomic E-state index is 0.0989. The molecule has 1 aliphatic heterocycles. The Morgan fingerprint density at radius 1 is 1.18 bits per heavy atom. The van der Waals surface area contributed by atoms with Gasteiger partial charge in [-0.05, 0) is 12.1 Å². The second-order valence-electron chi connectivity index (χ2n) is 5.25. The second kappa shape index (κ2) is 7.81. The summed E-state index contributed by atoms with van der Waals surface area (Å²) in [5, 5.41) is 3.54. The number of amides is 2. The van der Waals surface area contributed by atoms with Gasteiger partial charge in [-0.1, -0.05) is 29.3 Å². The van der Waals surface area contributed by atoms with Gasteiger partial charge in [-0.3, -0.25) is 14.5 Å². The average Bonchev–Trinajstić information content (AvgIpc) is 2.50. The number of carbonyl (C=O) groups excluding carboxylic acids is 2. The van der Waals surface area contributed by atoms with Crippen molar-refractivity contribution in [3.05, 3.63) is 28.2 Å². The van der Waals surface area contributed by atoms with Gasteiger partial charge in [0.05, 0.1) is 15.7 Å². The Bertz CT molecular complexity index is 558. The maximum absolute atomic E-state index is 12.0. The van der Waals surface area contributed by atoms with E-state index in [-0.39, 0.29) is 11.8 Å². The molecular weight excluding hydrogens is 325 g/mol. The molecule has 1 heterocycles. The molecule has 1 aromatic carbocycles. The molecule has 0 aliphatic carbocycles. The lowest BCUT2D eigenvalue weighted by molar-refractivity contribution is -0.130. The Balaban J connectivity index is 1.77. The van der Waals surface area contributed by atoms with Gasteiger partial charge in [0.25, 0.3) is 0 Å². The molecule has 1 aromatic rings. The number of anilines is 1. The quantitative estimate of drug-likeness (QED) is 0.913. The standard InChI is InChI=1S/C15H19Cl2N3O2/c1-11(21)20-9-7-19(8-10-20)6-5-14(22)18-13-4-2-3-12(16)15(13)17/h2-4H,5-10H2,1H3,(H,18,22). The van der Waals surface area contributed by atoms with Crippen molar-refractivity contribution in [1.29, 1.82) is 0 Å². The molecule has 0 aromatic heterocycles. The van der Waals surface area contributed by atoms with Gasteiger partial charge in [0.1, 0.15) is 0 Å². The largest absolute Gasteiger partial charge is 0.340 e. The zero-order valence-corrected chi connectivity index (χ0v) is 14.0. The summed E-state index contributed by atoms with van der Waals surface area (Å²) in [7, 11) is 0. The molecule has 0 unspecified atom stereocenters. The molecule has 0 saturated carbocycles. The van der Waals surface area contributed by atoms with E-state index in [1.54, 1.807) is 25.1 Å². The Morgan fingerprint density at radius 3 is 2.50 bits per heavy atom. The molecule has 5 nitrogen and oxygen atoms in total. The fourth-order valence-corrected chi connectivity index (χ4v) is 2.71. The molecule has 2 rings (SSSR count). The Kier molecular flexibility index (Phi) is 6.06. The third-order valence-corrected chi connectivity index (χ3v) is 4.52. The number of benzene rings is 1. The Labute approximate surface area is 140 Å². The van der Waals surface area contributed by atoms with E-state index in [2.05, 4.69) is 10.2 Å². The normalized spacial score (nSPS) is 15.7. The lowest BCUT2D eigenvalue weighted by Crippen LogP contribution is -2.48. The maximum atomic E-state index is 12.0. The predicted molar refractivity (Wildman–Crippen MR) is 88.4 cm³/mol. The van der Waals surface area contributed by atoms with Crippen molar-refractivity contribution < 1.29 is 9.59 Å². The van der Waals surface area contributed by atoms with Crippen LogP contribution in [0, 0.1) is 0 Å². The molecule has 22 heavy (non-hydrogen) atoms. The summed E-state index contributed by atoms with van der Waals surface area (Å²) in [6.45, 7) is 5.28. The molecule has 0 atom stereocenters. The van der Waals surface area contributed by atoms with Crippen LogP contribution in [-0.4, -0.2) is 54.3 Å². The van der Waals surface area contributed by atoms with E-state index in [0.29, 0.717) is 28.7 Å². The molecule has 0 radical (unpaired) electrons. The van der Waals surface area contributed by atoms with Crippen LogP contribution in [0.4, 0.5) is 5.69 Å². The van der Waals surface area contributed by atoms with Crippen molar-refractivity contribution in [2.75, 3.05) is 38.0 Å². The van der Waals surface area contributed by atoms with Crippen molar-refractivity contribution in [3.8, 4) is 0 Å². The first-order valence-corrected chi connectivity index (χ1v) is 7.94. The van der Waals surface area contributed by atoms with Gasteiger partial charge >= 0.3 is 0 Å². The smallest absolute Gasteiger partial charge is 0.225 e. The minimum atomic E-state index is -0.0989. The molecule has 1 N–H and O–H groups in total. The molecule has 1 saturated heterocycles. The van der Waals surface area contributed by atoms with Crippen molar-refractivity contribution in [1.82, 2.24) is 9.80 Å². The highest BCUT2D eigenvalue weighted by atomic mass is 35.5. The highest BCUT2D eigenvalue weighted by molar-refractivity contribution is 6.43. The molecule has 0 bridgehead atoms. The number of halogens is 2. The van der Waals surface area contributed by atoms with Crippen LogP contribution in [0.25, 0.3) is 0 Å². The van der Waals surface area contributed by atoms with Gasteiger partial charge in [-0.2, -0.15) is 0 Å². The number of carbonyl (C=O) groups is 2.